The first-order valence-corrected chi connectivity index (χ1v) is 7.51. The van der Waals surface area contributed by atoms with Crippen molar-refractivity contribution in [2.45, 2.75) is 19.9 Å². The molecule has 20 heavy (non-hydrogen) atoms. The highest BCUT2D eigenvalue weighted by molar-refractivity contribution is 14.1. The van der Waals surface area contributed by atoms with E-state index >= 15 is 0 Å². The topological polar surface area (TPSA) is 55.1 Å². The van der Waals surface area contributed by atoms with Crippen LogP contribution in [0.2, 0.25) is 0 Å². The number of rotatable bonds is 4. The largest absolute Gasteiger partial charge is 0.326 e. The number of nitrogens with two attached hydrogens (primary N) is 1. The quantitative estimate of drug-likeness (QED) is 0.801. The summed E-state index contributed by atoms with van der Waals surface area (Å²) in [7, 11) is 0. The van der Waals surface area contributed by atoms with Crippen LogP contribution in [0.15, 0.2) is 42.5 Å². The van der Waals surface area contributed by atoms with Gasteiger partial charge in [0.25, 0.3) is 0 Å². The van der Waals surface area contributed by atoms with E-state index in [-0.39, 0.29) is 5.91 Å². The Morgan fingerprint density at radius 3 is 2.55 bits per heavy atom. The van der Waals surface area contributed by atoms with Gasteiger partial charge in [-0.3, -0.25) is 4.79 Å². The Hall–Kier alpha value is -1.40. The van der Waals surface area contributed by atoms with Crippen LogP contribution in [0.4, 0.5) is 5.69 Å². The van der Waals surface area contributed by atoms with Gasteiger partial charge in [0.2, 0.25) is 5.91 Å². The average molecular weight is 380 g/mol. The number of carbonyl (C=O) groups excluding carboxylic acids is 1. The van der Waals surface area contributed by atoms with Gasteiger partial charge in [-0.15, -0.1) is 0 Å². The fourth-order valence-electron chi connectivity index (χ4n) is 2.06. The van der Waals surface area contributed by atoms with Gasteiger partial charge < -0.3 is 11.1 Å². The lowest BCUT2D eigenvalue weighted by atomic mass is 10.0. The van der Waals surface area contributed by atoms with Crippen LogP contribution in [0.25, 0.3) is 0 Å². The number of carbonyl (C=O) groups is 1. The van der Waals surface area contributed by atoms with E-state index in [2.05, 4.69) is 27.9 Å². The average Bonchev–Trinajstić information content (AvgIpc) is 2.42. The molecule has 0 radical (unpaired) electrons. The zero-order valence-electron chi connectivity index (χ0n) is 11.3. The Morgan fingerprint density at radius 2 is 1.90 bits per heavy atom. The minimum atomic E-state index is -0.0183. The Kier molecular flexibility index (Phi) is 5.14. The summed E-state index contributed by atoms with van der Waals surface area (Å²) in [6, 6.07) is 13.7. The van der Waals surface area contributed by atoms with Crippen molar-refractivity contribution in [3.05, 3.63) is 62.7 Å². The zero-order chi connectivity index (χ0) is 14.5. The normalized spacial score (nSPS) is 10.3. The van der Waals surface area contributed by atoms with Crippen LogP contribution in [-0.4, -0.2) is 5.91 Å². The molecule has 0 heterocycles. The molecule has 0 spiro atoms. The zero-order valence-corrected chi connectivity index (χ0v) is 13.5. The summed E-state index contributed by atoms with van der Waals surface area (Å²) in [5.74, 6) is -0.0183. The summed E-state index contributed by atoms with van der Waals surface area (Å²) in [5.41, 5.74) is 9.61. The van der Waals surface area contributed by atoms with Crippen LogP contribution in [0.1, 0.15) is 16.7 Å². The number of benzene rings is 2. The smallest absolute Gasteiger partial charge is 0.228 e. The molecule has 2 aromatic rings. The maximum absolute atomic E-state index is 12.1. The summed E-state index contributed by atoms with van der Waals surface area (Å²) in [6.07, 6.45) is 0.346. The second-order valence-corrected chi connectivity index (χ2v) is 5.90. The molecule has 0 saturated carbocycles. The van der Waals surface area contributed by atoms with Crippen LogP contribution in [0, 0.1) is 10.5 Å². The van der Waals surface area contributed by atoms with E-state index in [0.717, 1.165) is 25.9 Å². The van der Waals surface area contributed by atoms with Crippen LogP contribution in [0.5, 0.6) is 0 Å². The fraction of sp³-hybridized carbons (Fsp3) is 0.188. The van der Waals surface area contributed by atoms with Crippen molar-refractivity contribution in [1.29, 1.82) is 0 Å². The number of hydrogen-bond donors (Lipinski definition) is 2. The van der Waals surface area contributed by atoms with Gasteiger partial charge in [-0.2, -0.15) is 0 Å². The molecule has 3 nitrogen and oxygen atoms in total. The Balaban J connectivity index is 2.09. The van der Waals surface area contributed by atoms with Gasteiger partial charge in [0.15, 0.2) is 0 Å². The summed E-state index contributed by atoms with van der Waals surface area (Å²) in [6.45, 7) is 2.44. The number of halogens is 1. The lowest BCUT2D eigenvalue weighted by Crippen LogP contribution is -2.16. The van der Waals surface area contributed by atoms with Crippen LogP contribution < -0.4 is 11.1 Å². The molecule has 4 heteroatoms. The van der Waals surface area contributed by atoms with Gasteiger partial charge >= 0.3 is 0 Å². The van der Waals surface area contributed by atoms with E-state index in [4.69, 9.17) is 5.73 Å². The van der Waals surface area contributed by atoms with E-state index in [9.17, 15) is 4.79 Å². The molecular formula is C16H17IN2O. The number of aryl methyl sites for hydroxylation is 1. The van der Waals surface area contributed by atoms with E-state index < -0.39 is 0 Å². The maximum Gasteiger partial charge on any atom is 0.228 e. The third-order valence-electron chi connectivity index (χ3n) is 3.15. The number of nitrogens with one attached hydrogen (secondary N) is 1. The van der Waals surface area contributed by atoms with Gasteiger partial charge in [-0.05, 0) is 64.4 Å². The predicted octanol–water partition coefficient (Wildman–Crippen LogP) is 3.24. The number of amides is 1. The first-order valence-electron chi connectivity index (χ1n) is 6.43. The van der Waals surface area contributed by atoms with Crippen molar-refractivity contribution in [3.63, 3.8) is 0 Å². The Bertz CT molecular complexity index is 626. The summed E-state index contributed by atoms with van der Waals surface area (Å²) >= 11 is 2.26. The van der Waals surface area contributed by atoms with Crippen LogP contribution in [-0.2, 0) is 17.8 Å². The van der Waals surface area contributed by atoms with Crippen molar-refractivity contribution < 1.29 is 4.79 Å². The summed E-state index contributed by atoms with van der Waals surface area (Å²) < 4.78 is 1.16. The molecule has 0 saturated heterocycles. The monoisotopic (exact) mass is 380 g/mol. The molecule has 0 bridgehead atoms. The second kappa shape index (κ2) is 6.85. The van der Waals surface area contributed by atoms with Gasteiger partial charge in [-0.1, -0.05) is 24.3 Å². The van der Waals surface area contributed by atoms with Crippen molar-refractivity contribution in [2.24, 2.45) is 5.73 Å². The molecular weight excluding hydrogens is 363 g/mol. The first-order chi connectivity index (χ1) is 9.60. The van der Waals surface area contributed by atoms with E-state index in [1.54, 1.807) is 0 Å². The molecule has 0 unspecified atom stereocenters. The minimum Gasteiger partial charge on any atom is -0.326 e. The van der Waals surface area contributed by atoms with Gasteiger partial charge in [0.05, 0.1) is 6.42 Å². The molecule has 3 N–H and O–H groups in total. The maximum atomic E-state index is 12.1. The SMILES string of the molecule is Cc1cc(I)ccc1NC(=O)Cc1ccccc1CN. The highest BCUT2D eigenvalue weighted by Gasteiger charge is 2.08. The lowest BCUT2D eigenvalue weighted by molar-refractivity contribution is -0.115. The molecule has 104 valence electrons. The van der Waals surface area contributed by atoms with Gasteiger partial charge in [0, 0.05) is 15.8 Å². The molecule has 1 amide bonds. The van der Waals surface area contributed by atoms with Crippen molar-refractivity contribution in [1.82, 2.24) is 0 Å². The van der Waals surface area contributed by atoms with Crippen LogP contribution in [0.3, 0.4) is 0 Å². The summed E-state index contributed by atoms with van der Waals surface area (Å²) in [4.78, 5) is 12.1. The molecule has 0 atom stereocenters. The van der Waals surface area contributed by atoms with E-state index in [0.29, 0.717) is 13.0 Å². The first kappa shape index (κ1) is 15.0. The number of hydrogen-bond acceptors (Lipinski definition) is 2. The predicted molar refractivity (Wildman–Crippen MR) is 90.6 cm³/mol. The van der Waals surface area contributed by atoms with E-state index in [1.165, 1.54) is 0 Å². The minimum absolute atomic E-state index is 0.0183. The van der Waals surface area contributed by atoms with Crippen molar-refractivity contribution in [3.8, 4) is 0 Å². The van der Waals surface area contributed by atoms with Crippen molar-refractivity contribution in [2.75, 3.05) is 5.32 Å². The third-order valence-corrected chi connectivity index (χ3v) is 3.82. The van der Waals surface area contributed by atoms with Gasteiger partial charge in [0.1, 0.15) is 0 Å². The fourth-order valence-corrected chi connectivity index (χ4v) is 2.71. The van der Waals surface area contributed by atoms with Crippen LogP contribution >= 0.6 is 22.6 Å². The van der Waals surface area contributed by atoms with Gasteiger partial charge in [-0.25, -0.2) is 0 Å². The molecule has 0 aromatic heterocycles. The number of anilines is 1. The lowest BCUT2D eigenvalue weighted by Gasteiger charge is -2.10. The summed E-state index contributed by atoms with van der Waals surface area (Å²) in [5, 5.41) is 2.95. The molecule has 0 aliphatic heterocycles. The highest BCUT2D eigenvalue weighted by atomic mass is 127. The van der Waals surface area contributed by atoms with E-state index in [1.807, 2.05) is 49.4 Å². The Morgan fingerprint density at radius 1 is 1.20 bits per heavy atom. The Labute approximate surface area is 132 Å². The molecule has 0 fully saturated rings. The molecule has 0 aliphatic rings. The molecule has 2 rings (SSSR count). The third kappa shape index (κ3) is 3.80. The highest BCUT2D eigenvalue weighted by Crippen LogP contribution is 2.18. The molecule has 2 aromatic carbocycles. The van der Waals surface area contributed by atoms with Crippen molar-refractivity contribution >= 4 is 34.2 Å². The molecule has 0 aliphatic carbocycles. The standard InChI is InChI=1S/C16H17IN2O/c1-11-8-14(17)6-7-15(11)19-16(20)9-12-4-2-3-5-13(12)10-18/h2-8H,9-10,18H2,1H3,(H,19,20). The second-order valence-electron chi connectivity index (χ2n) is 4.66.